The van der Waals surface area contributed by atoms with Gasteiger partial charge in [-0.25, -0.2) is 0 Å². The van der Waals surface area contributed by atoms with Crippen LogP contribution in [0.3, 0.4) is 0 Å². The van der Waals surface area contributed by atoms with Gasteiger partial charge in [0.15, 0.2) is 0 Å². The molecule has 1 fully saturated rings. The van der Waals surface area contributed by atoms with Crippen molar-refractivity contribution >= 4 is 5.69 Å². The van der Waals surface area contributed by atoms with Crippen molar-refractivity contribution in [1.29, 1.82) is 0 Å². The van der Waals surface area contributed by atoms with E-state index in [1.165, 1.54) is 28.0 Å². The molecule has 5 rings (SSSR count). The summed E-state index contributed by atoms with van der Waals surface area (Å²) in [6.07, 6.45) is 12.3. The first-order valence-electron chi connectivity index (χ1n) is 12.3. The van der Waals surface area contributed by atoms with Gasteiger partial charge in [0.25, 0.3) is 0 Å². The summed E-state index contributed by atoms with van der Waals surface area (Å²) in [6.45, 7) is 24.5. The van der Waals surface area contributed by atoms with Crippen molar-refractivity contribution < 1.29 is 0 Å². The van der Waals surface area contributed by atoms with Gasteiger partial charge in [0, 0.05) is 29.5 Å². The summed E-state index contributed by atoms with van der Waals surface area (Å²) < 4.78 is 0. The molecule has 0 N–H and O–H groups in total. The number of fused-ring (bicyclic) bond motifs is 2. The van der Waals surface area contributed by atoms with Crippen LogP contribution in [0.25, 0.3) is 0 Å². The Balaban J connectivity index is 1.74. The average molecular weight is 426 g/mol. The third kappa shape index (κ3) is 2.76. The zero-order chi connectivity index (χ0) is 23.2. The maximum absolute atomic E-state index is 4.54. The SMILES string of the molecule is C=C1C=CC(C)C2=C3C(C=CC2C)[C@]2(C)CN(c4c(C)cc(C)cc4C)C(C)(C)C2=C[C@@H]13. The van der Waals surface area contributed by atoms with Gasteiger partial charge in [-0.15, -0.1) is 0 Å². The molecule has 1 aromatic rings. The first-order chi connectivity index (χ1) is 15.0. The Morgan fingerprint density at radius 1 is 0.906 bits per heavy atom. The number of hydrogen-bond acceptors (Lipinski definition) is 1. The van der Waals surface area contributed by atoms with Crippen molar-refractivity contribution in [2.45, 2.75) is 60.9 Å². The molecule has 0 radical (unpaired) electrons. The molecule has 3 unspecified atom stereocenters. The number of rotatable bonds is 1. The van der Waals surface area contributed by atoms with Crippen LogP contribution in [-0.4, -0.2) is 12.1 Å². The van der Waals surface area contributed by atoms with Gasteiger partial charge >= 0.3 is 0 Å². The van der Waals surface area contributed by atoms with Crippen molar-refractivity contribution in [2.75, 3.05) is 11.4 Å². The fourth-order valence-corrected chi connectivity index (χ4v) is 7.64. The number of aryl methyl sites for hydroxylation is 3. The lowest BCUT2D eigenvalue weighted by Gasteiger charge is -2.47. The minimum Gasteiger partial charge on any atom is -0.361 e. The van der Waals surface area contributed by atoms with Gasteiger partial charge in [0.1, 0.15) is 0 Å². The van der Waals surface area contributed by atoms with Crippen LogP contribution in [0.2, 0.25) is 0 Å². The van der Waals surface area contributed by atoms with E-state index in [2.05, 4.69) is 109 Å². The molecule has 1 saturated heterocycles. The highest BCUT2D eigenvalue weighted by atomic mass is 15.2. The van der Waals surface area contributed by atoms with E-state index in [0.29, 0.717) is 23.7 Å². The highest BCUT2D eigenvalue weighted by Gasteiger charge is 2.58. The molecule has 0 aromatic heterocycles. The zero-order valence-electron chi connectivity index (χ0n) is 21.2. The van der Waals surface area contributed by atoms with Gasteiger partial charge in [0.2, 0.25) is 0 Å². The van der Waals surface area contributed by atoms with Crippen LogP contribution in [0.4, 0.5) is 5.69 Å². The summed E-state index contributed by atoms with van der Waals surface area (Å²) in [5.41, 5.74) is 11.7. The predicted octanol–water partition coefficient (Wildman–Crippen LogP) is 7.65. The Morgan fingerprint density at radius 2 is 1.53 bits per heavy atom. The minimum absolute atomic E-state index is 0.0377. The Morgan fingerprint density at radius 3 is 2.19 bits per heavy atom. The summed E-state index contributed by atoms with van der Waals surface area (Å²) in [6, 6.07) is 4.69. The van der Waals surface area contributed by atoms with E-state index in [4.69, 9.17) is 0 Å². The Labute approximate surface area is 195 Å². The van der Waals surface area contributed by atoms with Crippen LogP contribution in [-0.2, 0) is 0 Å². The van der Waals surface area contributed by atoms with Crippen molar-refractivity contribution in [1.82, 2.24) is 0 Å². The standard InChI is InChI=1S/C31H39N/c1-18-14-22(5)29(23(6)15-18)32-17-31(9)25-13-12-21(4)27-20(3)11-10-19(2)24(28(25)27)16-26(31)30(32,7)8/h10-16,20-21,24-25H,2,17H2,1,3-9H3/t20?,21?,24-,25?,31-/m0/s1. The van der Waals surface area contributed by atoms with E-state index in [-0.39, 0.29) is 11.0 Å². The van der Waals surface area contributed by atoms with Crippen LogP contribution in [0.5, 0.6) is 0 Å². The van der Waals surface area contributed by atoms with Crippen LogP contribution >= 0.6 is 0 Å². The maximum atomic E-state index is 4.54. The highest BCUT2D eigenvalue weighted by molar-refractivity contribution is 5.68. The molecule has 1 nitrogen and oxygen atoms in total. The molecular formula is C31H39N. The van der Waals surface area contributed by atoms with Crippen LogP contribution in [0.15, 0.2) is 71.4 Å². The summed E-state index contributed by atoms with van der Waals surface area (Å²) in [5, 5.41) is 0. The highest BCUT2D eigenvalue weighted by Crippen LogP contribution is 2.62. The first-order valence-corrected chi connectivity index (χ1v) is 12.3. The zero-order valence-corrected chi connectivity index (χ0v) is 21.2. The summed E-state index contributed by atoms with van der Waals surface area (Å²) in [5.74, 6) is 1.74. The lowest BCUT2D eigenvalue weighted by atomic mass is 9.56. The van der Waals surface area contributed by atoms with E-state index >= 15 is 0 Å². The number of nitrogens with zero attached hydrogens (tertiary/aromatic N) is 1. The van der Waals surface area contributed by atoms with Gasteiger partial charge in [-0.3, -0.25) is 0 Å². The molecule has 1 aliphatic heterocycles. The molecule has 5 atom stereocenters. The molecule has 0 saturated carbocycles. The summed E-state index contributed by atoms with van der Waals surface area (Å²) in [7, 11) is 0. The van der Waals surface area contributed by atoms with E-state index in [1.807, 2.05) is 0 Å². The predicted molar refractivity (Wildman–Crippen MR) is 138 cm³/mol. The summed E-state index contributed by atoms with van der Waals surface area (Å²) >= 11 is 0. The number of hydrogen-bond donors (Lipinski definition) is 0. The molecule has 32 heavy (non-hydrogen) atoms. The second-order valence-corrected chi connectivity index (χ2v) is 11.7. The fourth-order valence-electron chi connectivity index (χ4n) is 7.64. The van der Waals surface area contributed by atoms with Crippen molar-refractivity contribution in [3.8, 4) is 0 Å². The molecule has 0 amide bonds. The molecule has 4 aliphatic rings. The van der Waals surface area contributed by atoms with Crippen LogP contribution < -0.4 is 4.90 Å². The first kappa shape index (κ1) is 21.6. The van der Waals surface area contributed by atoms with Gasteiger partial charge in [-0.2, -0.15) is 0 Å². The van der Waals surface area contributed by atoms with E-state index < -0.39 is 0 Å². The van der Waals surface area contributed by atoms with E-state index in [9.17, 15) is 0 Å². The quantitative estimate of drug-likeness (QED) is 0.418. The third-order valence-corrected chi connectivity index (χ3v) is 8.94. The van der Waals surface area contributed by atoms with E-state index in [1.54, 1.807) is 16.7 Å². The number of benzene rings is 1. The maximum Gasteiger partial charge on any atom is 0.0564 e. The van der Waals surface area contributed by atoms with Crippen LogP contribution in [0, 0.1) is 49.9 Å². The third-order valence-electron chi connectivity index (χ3n) is 8.94. The largest absolute Gasteiger partial charge is 0.361 e. The fraction of sp³-hybridized carbons (Fsp3) is 0.484. The lowest BCUT2D eigenvalue weighted by Crippen LogP contribution is -2.41. The summed E-state index contributed by atoms with van der Waals surface area (Å²) in [4.78, 5) is 2.71. The molecule has 0 bridgehead atoms. The van der Waals surface area contributed by atoms with Crippen LogP contribution in [0.1, 0.15) is 51.3 Å². The molecule has 3 aliphatic carbocycles. The van der Waals surface area contributed by atoms with Crippen molar-refractivity contribution in [2.24, 2.45) is 29.1 Å². The van der Waals surface area contributed by atoms with Gasteiger partial charge in [0.05, 0.1) is 5.54 Å². The average Bonchev–Trinajstić information content (AvgIpc) is 2.81. The van der Waals surface area contributed by atoms with E-state index in [0.717, 1.165) is 6.54 Å². The second kappa shape index (κ2) is 6.86. The Bertz CT molecular complexity index is 1110. The molecule has 1 aromatic carbocycles. The second-order valence-electron chi connectivity index (χ2n) is 11.7. The molecular weight excluding hydrogens is 386 g/mol. The van der Waals surface area contributed by atoms with Gasteiger partial charge in [-0.1, -0.05) is 86.6 Å². The Hall–Kier alpha value is -2.28. The number of anilines is 1. The molecule has 1 heteroatoms. The van der Waals surface area contributed by atoms with Gasteiger partial charge < -0.3 is 4.90 Å². The normalized spacial score (nSPS) is 34.9. The lowest BCUT2D eigenvalue weighted by molar-refractivity contribution is 0.316. The van der Waals surface area contributed by atoms with Crippen molar-refractivity contribution in [3.05, 3.63) is 88.1 Å². The Kier molecular flexibility index (Phi) is 4.62. The minimum atomic E-state index is -0.0377. The van der Waals surface area contributed by atoms with Crippen molar-refractivity contribution in [3.63, 3.8) is 0 Å². The topological polar surface area (TPSA) is 3.24 Å². The number of allylic oxidation sites excluding steroid dienone is 8. The molecule has 0 spiro atoms. The van der Waals surface area contributed by atoms with Gasteiger partial charge in [-0.05, 0) is 68.7 Å². The molecule has 1 heterocycles. The monoisotopic (exact) mass is 425 g/mol. The smallest absolute Gasteiger partial charge is 0.0564 e. The molecule has 168 valence electrons.